The minimum atomic E-state index is -1.09. The van der Waals surface area contributed by atoms with Crippen LogP contribution >= 0.6 is 0 Å². The van der Waals surface area contributed by atoms with E-state index >= 15 is 0 Å². The van der Waals surface area contributed by atoms with Crippen molar-refractivity contribution in [3.05, 3.63) is 65.5 Å². The number of nitrogens with zero attached hydrogens (tertiary/aromatic N) is 2. The van der Waals surface area contributed by atoms with Crippen LogP contribution in [0.3, 0.4) is 0 Å². The van der Waals surface area contributed by atoms with Crippen molar-refractivity contribution in [1.82, 2.24) is 10.0 Å². The molecule has 1 atom stereocenters. The first-order chi connectivity index (χ1) is 11.1. The Balaban J connectivity index is 1.81. The fraction of sp³-hybridized carbons (Fsp3) is 0.125. The van der Waals surface area contributed by atoms with Crippen molar-refractivity contribution in [1.29, 1.82) is 0 Å². The number of hydroxylamine groups is 2. The topological polar surface area (TPSA) is 85.8 Å². The molecular weight excluding hydrogens is 300 g/mol. The molecule has 0 bridgehead atoms. The van der Waals surface area contributed by atoms with Crippen LogP contribution in [-0.2, 0) is 14.4 Å². The number of ether oxygens (including phenoxy) is 1. The highest BCUT2D eigenvalue weighted by Gasteiger charge is 2.40. The maximum absolute atomic E-state index is 12.3. The van der Waals surface area contributed by atoms with Crippen LogP contribution in [0.15, 0.2) is 48.8 Å². The van der Waals surface area contributed by atoms with E-state index in [0.29, 0.717) is 10.6 Å². The van der Waals surface area contributed by atoms with Crippen LogP contribution in [0.25, 0.3) is 0 Å². The third kappa shape index (κ3) is 2.58. The summed E-state index contributed by atoms with van der Waals surface area (Å²) in [4.78, 5) is 45.4. The quantitative estimate of drug-likeness (QED) is 0.796. The predicted molar refractivity (Wildman–Crippen MR) is 77.0 cm³/mol. The molecule has 2 heterocycles. The minimum Gasteiger partial charge on any atom is -0.365 e. The first-order valence-electron chi connectivity index (χ1n) is 6.76. The van der Waals surface area contributed by atoms with Crippen molar-refractivity contribution in [2.75, 3.05) is 7.11 Å². The summed E-state index contributed by atoms with van der Waals surface area (Å²) >= 11 is 0. The molecule has 0 fully saturated rings. The van der Waals surface area contributed by atoms with Gasteiger partial charge in [-0.3, -0.25) is 14.6 Å². The molecule has 1 unspecified atom stereocenters. The largest absolute Gasteiger partial charge is 0.366 e. The zero-order chi connectivity index (χ0) is 16.4. The minimum absolute atomic E-state index is 0.195. The summed E-state index contributed by atoms with van der Waals surface area (Å²) in [6.45, 7) is 0. The van der Waals surface area contributed by atoms with E-state index in [-0.39, 0.29) is 11.1 Å². The molecule has 1 aromatic heterocycles. The number of carbonyl (C=O) groups excluding carboxylic acids is 3. The maximum atomic E-state index is 12.3. The average Bonchev–Trinajstić information content (AvgIpc) is 2.82. The third-order valence-corrected chi connectivity index (χ3v) is 3.37. The molecule has 0 aliphatic carbocycles. The van der Waals surface area contributed by atoms with Gasteiger partial charge in [0.2, 0.25) is 0 Å². The van der Waals surface area contributed by atoms with Gasteiger partial charge in [-0.2, -0.15) is 0 Å². The van der Waals surface area contributed by atoms with E-state index in [1.54, 1.807) is 30.5 Å². The Labute approximate surface area is 131 Å². The maximum Gasteiger partial charge on any atom is 0.366 e. The number of hydrogen-bond acceptors (Lipinski definition) is 6. The predicted octanol–water partition coefficient (Wildman–Crippen LogP) is 1.52. The van der Waals surface area contributed by atoms with Crippen LogP contribution < -0.4 is 0 Å². The summed E-state index contributed by atoms with van der Waals surface area (Å²) in [5.74, 6) is -2.24. The summed E-state index contributed by atoms with van der Waals surface area (Å²) < 4.78 is 5.09. The number of carbonyl (C=O) groups is 3. The van der Waals surface area contributed by atoms with Gasteiger partial charge in [-0.15, -0.1) is 0 Å². The van der Waals surface area contributed by atoms with Crippen LogP contribution in [-0.4, -0.2) is 34.9 Å². The Kier molecular flexibility index (Phi) is 3.86. The van der Waals surface area contributed by atoms with Gasteiger partial charge in [0.05, 0.1) is 11.1 Å². The number of benzene rings is 1. The lowest BCUT2D eigenvalue weighted by Gasteiger charge is -2.17. The number of pyridine rings is 1. The van der Waals surface area contributed by atoms with Crippen LogP contribution in [0.2, 0.25) is 0 Å². The summed E-state index contributed by atoms with van der Waals surface area (Å²) in [5, 5.41) is 0.454. The van der Waals surface area contributed by atoms with Crippen LogP contribution in [0.4, 0.5) is 0 Å². The summed E-state index contributed by atoms with van der Waals surface area (Å²) in [5.41, 5.74) is 0.845. The van der Waals surface area contributed by atoms with Crippen molar-refractivity contribution in [2.45, 2.75) is 6.10 Å². The highest BCUT2D eigenvalue weighted by Crippen LogP contribution is 2.25. The van der Waals surface area contributed by atoms with E-state index < -0.39 is 23.9 Å². The van der Waals surface area contributed by atoms with Crippen LogP contribution in [0.1, 0.15) is 32.4 Å². The van der Waals surface area contributed by atoms with Crippen molar-refractivity contribution < 1.29 is 24.0 Å². The number of hydrogen-bond donors (Lipinski definition) is 0. The van der Waals surface area contributed by atoms with Crippen molar-refractivity contribution >= 4 is 17.8 Å². The van der Waals surface area contributed by atoms with Gasteiger partial charge in [-0.25, -0.2) is 4.79 Å². The van der Waals surface area contributed by atoms with Gasteiger partial charge in [-0.1, -0.05) is 23.3 Å². The molecule has 116 valence electrons. The molecule has 0 saturated carbocycles. The molecule has 0 radical (unpaired) electrons. The Morgan fingerprint density at radius 2 is 1.74 bits per heavy atom. The Hall–Kier alpha value is -3.06. The fourth-order valence-electron chi connectivity index (χ4n) is 2.29. The summed E-state index contributed by atoms with van der Waals surface area (Å²) in [7, 11) is 1.32. The molecule has 7 heteroatoms. The van der Waals surface area contributed by atoms with E-state index in [2.05, 4.69) is 4.98 Å². The number of rotatable bonds is 4. The lowest BCUT2D eigenvalue weighted by molar-refractivity contribution is -0.180. The molecule has 1 aliphatic rings. The van der Waals surface area contributed by atoms with Crippen molar-refractivity contribution in [3.8, 4) is 0 Å². The molecule has 0 saturated heterocycles. The second-order valence-electron chi connectivity index (χ2n) is 4.76. The number of fused-ring (bicyclic) bond motifs is 1. The Morgan fingerprint density at radius 3 is 2.26 bits per heavy atom. The molecule has 1 aliphatic heterocycles. The van der Waals surface area contributed by atoms with Crippen LogP contribution in [0, 0.1) is 0 Å². The van der Waals surface area contributed by atoms with Gasteiger partial charge in [0.1, 0.15) is 0 Å². The molecular formula is C16H12N2O5. The lowest BCUT2D eigenvalue weighted by atomic mass is 10.1. The van der Waals surface area contributed by atoms with Gasteiger partial charge in [0, 0.05) is 25.1 Å². The Bertz CT molecular complexity index is 740. The Morgan fingerprint density at radius 1 is 1.09 bits per heavy atom. The van der Waals surface area contributed by atoms with Crippen molar-refractivity contribution in [2.24, 2.45) is 0 Å². The van der Waals surface area contributed by atoms with E-state index in [0.717, 1.165) is 0 Å². The van der Waals surface area contributed by atoms with E-state index in [9.17, 15) is 14.4 Å². The number of aromatic nitrogens is 1. The van der Waals surface area contributed by atoms with Gasteiger partial charge in [-0.05, 0) is 18.2 Å². The monoisotopic (exact) mass is 312 g/mol. The third-order valence-electron chi connectivity index (χ3n) is 3.37. The van der Waals surface area contributed by atoms with Crippen LogP contribution in [0.5, 0.6) is 0 Å². The molecule has 0 spiro atoms. The van der Waals surface area contributed by atoms with E-state index in [1.807, 2.05) is 0 Å². The lowest BCUT2D eigenvalue weighted by Crippen LogP contribution is -2.35. The second-order valence-corrected chi connectivity index (χ2v) is 4.76. The summed E-state index contributed by atoms with van der Waals surface area (Å²) in [6, 6.07) is 9.52. The average molecular weight is 312 g/mol. The zero-order valence-corrected chi connectivity index (χ0v) is 12.1. The normalized spacial score (nSPS) is 14.6. The zero-order valence-electron chi connectivity index (χ0n) is 12.1. The number of amides is 2. The smallest absolute Gasteiger partial charge is 0.365 e. The van der Waals surface area contributed by atoms with Gasteiger partial charge < -0.3 is 9.57 Å². The second kappa shape index (κ2) is 5.98. The highest BCUT2D eigenvalue weighted by atomic mass is 16.7. The fourth-order valence-corrected chi connectivity index (χ4v) is 2.29. The molecule has 1 aromatic carbocycles. The SMILES string of the molecule is COC(C(=O)ON1C(=O)c2ccccc2C1=O)c1cccnc1. The highest BCUT2D eigenvalue weighted by molar-refractivity contribution is 6.20. The standard InChI is InChI=1S/C16H12N2O5/c1-22-13(10-5-4-8-17-9-10)16(21)23-18-14(19)11-6-2-3-7-12(11)15(18)20/h2-9,13H,1H3. The molecule has 2 aromatic rings. The van der Waals surface area contributed by atoms with Gasteiger partial charge in [0.25, 0.3) is 11.8 Å². The van der Waals surface area contributed by atoms with E-state index in [4.69, 9.17) is 9.57 Å². The van der Waals surface area contributed by atoms with E-state index in [1.165, 1.54) is 25.4 Å². The summed E-state index contributed by atoms with van der Waals surface area (Å²) in [6.07, 6.45) is 1.90. The first kappa shape index (κ1) is 14.9. The molecule has 2 amide bonds. The van der Waals surface area contributed by atoms with Gasteiger partial charge >= 0.3 is 5.97 Å². The van der Waals surface area contributed by atoms with Crippen molar-refractivity contribution in [3.63, 3.8) is 0 Å². The molecule has 0 N–H and O–H groups in total. The number of methoxy groups -OCH3 is 1. The molecule has 7 nitrogen and oxygen atoms in total. The molecule has 23 heavy (non-hydrogen) atoms. The first-order valence-corrected chi connectivity index (χ1v) is 6.76. The van der Waals surface area contributed by atoms with Gasteiger partial charge in [0.15, 0.2) is 6.10 Å². The number of imide groups is 1. The molecule has 3 rings (SSSR count).